The van der Waals surface area contributed by atoms with Crippen molar-refractivity contribution in [1.82, 2.24) is 4.90 Å². The van der Waals surface area contributed by atoms with E-state index in [0.717, 1.165) is 12.8 Å². The molecule has 1 aromatic rings. The maximum absolute atomic E-state index is 13.3. The van der Waals surface area contributed by atoms with Crippen LogP contribution in [0.1, 0.15) is 44.7 Å². The fourth-order valence-electron chi connectivity index (χ4n) is 4.65. The van der Waals surface area contributed by atoms with Crippen molar-refractivity contribution in [3.63, 3.8) is 0 Å². The average molecular weight is 313 g/mol. The molecule has 0 aromatic heterocycles. The predicted octanol–water partition coefficient (Wildman–Crippen LogP) is 2.69. The predicted molar refractivity (Wildman–Crippen MR) is 85.5 cm³/mol. The van der Waals surface area contributed by atoms with Crippen LogP contribution in [-0.2, 0) is 27.3 Å². The summed E-state index contributed by atoms with van der Waals surface area (Å²) in [7, 11) is 0. The molecular weight excluding hydrogens is 290 g/mol. The lowest BCUT2D eigenvalue weighted by Crippen LogP contribution is -2.55. The van der Waals surface area contributed by atoms with E-state index in [9.17, 15) is 9.59 Å². The Hall–Kier alpha value is -1.84. The topological polar surface area (TPSA) is 46.6 Å². The van der Waals surface area contributed by atoms with Crippen molar-refractivity contribution in [2.45, 2.75) is 52.2 Å². The second-order valence-corrected chi connectivity index (χ2v) is 7.92. The summed E-state index contributed by atoms with van der Waals surface area (Å²) in [5.74, 6) is -0.217. The highest BCUT2D eigenvalue weighted by atomic mass is 16.6. The molecule has 1 saturated heterocycles. The molecule has 0 radical (unpaired) electrons. The molecule has 23 heavy (non-hydrogen) atoms. The van der Waals surface area contributed by atoms with Crippen molar-refractivity contribution in [2.75, 3.05) is 6.54 Å². The smallest absolute Gasteiger partial charge is 0.313 e. The lowest BCUT2D eigenvalue weighted by Gasteiger charge is -2.40. The second kappa shape index (κ2) is 4.37. The molecule has 1 saturated carbocycles. The number of amides is 1. The fourth-order valence-corrected chi connectivity index (χ4v) is 4.65. The molecule has 4 heteroatoms. The molecule has 4 rings (SSSR count). The Labute approximate surface area is 136 Å². The fraction of sp³-hybridized carbons (Fsp3) is 0.579. The van der Waals surface area contributed by atoms with Crippen LogP contribution in [0.4, 0.5) is 0 Å². The Balaban J connectivity index is 1.67. The number of hydrogen-bond acceptors (Lipinski definition) is 3. The summed E-state index contributed by atoms with van der Waals surface area (Å²) in [6.45, 7) is 7.29. The number of rotatable bonds is 1. The van der Waals surface area contributed by atoms with Gasteiger partial charge in [-0.15, -0.1) is 0 Å². The lowest BCUT2D eigenvalue weighted by molar-refractivity contribution is -0.174. The zero-order valence-corrected chi connectivity index (χ0v) is 14.0. The standard InChI is InChI=1S/C19H23NO3/c1-17(2)18(3)9-10-19(17,23-16(18)22)15(21)20-11-8-13-6-4-5-7-14(13)12-20/h4-7H,8-12H2,1-3H3. The van der Waals surface area contributed by atoms with Crippen molar-refractivity contribution in [3.8, 4) is 0 Å². The van der Waals surface area contributed by atoms with Gasteiger partial charge in [-0.3, -0.25) is 9.59 Å². The number of ether oxygens (including phenoxy) is 1. The van der Waals surface area contributed by atoms with Crippen LogP contribution in [0, 0.1) is 10.8 Å². The second-order valence-electron chi connectivity index (χ2n) is 7.92. The van der Waals surface area contributed by atoms with Crippen molar-refractivity contribution in [3.05, 3.63) is 35.4 Å². The van der Waals surface area contributed by atoms with Crippen molar-refractivity contribution < 1.29 is 14.3 Å². The summed E-state index contributed by atoms with van der Waals surface area (Å²) in [5.41, 5.74) is 0.520. The Morgan fingerprint density at radius 3 is 2.43 bits per heavy atom. The van der Waals surface area contributed by atoms with Crippen LogP contribution in [0.3, 0.4) is 0 Å². The number of hydrogen-bond donors (Lipinski definition) is 0. The molecule has 0 N–H and O–H groups in total. The first kappa shape index (κ1) is 14.7. The first-order valence-corrected chi connectivity index (χ1v) is 8.41. The average Bonchev–Trinajstić information content (AvgIpc) is 2.84. The minimum atomic E-state index is -0.981. The van der Waals surface area contributed by atoms with Gasteiger partial charge in [0, 0.05) is 18.5 Å². The van der Waals surface area contributed by atoms with Crippen LogP contribution in [0.2, 0.25) is 0 Å². The largest absolute Gasteiger partial charge is 0.448 e. The summed E-state index contributed by atoms with van der Waals surface area (Å²) in [6.07, 6.45) is 2.23. The van der Waals surface area contributed by atoms with E-state index in [4.69, 9.17) is 4.74 Å². The highest BCUT2D eigenvalue weighted by Crippen LogP contribution is 2.66. The van der Waals surface area contributed by atoms with Crippen LogP contribution >= 0.6 is 0 Å². The molecule has 2 bridgehead atoms. The molecule has 2 atom stereocenters. The van der Waals surface area contributed by atoms with E-state index in [2.05, 4.69) is 12.1 Å². The number of carbonyl (C=O) groups excluding carboxylic acids is 2. The van der Waals surface area contributed by atoms with Crippen molar-refractivity contribution in [1.29, 1.82) is 0 Å². The van der Waals surface area contributed by atoms with E-state index in [0.29, 0.717) is 19.5 Å². The van der Waals surface area contributed by atoms with E-state index in [1.165, 1.54) is 11.1 Å². The van der Waals surface area contributed by atoms with E-state index >= 15 is 0 Å². The third-order valence-corrected chi connectivity index (χ3v) is 6.85. The molecule has 3 aliphatic rings. The minimum Gasteiger partial charge on any atom is -0.448 e. The van der Waals surface area contributed by atoms with Crippen molar-refractivity contribution in [2.24, 2.45) is 10.8 Å². The number of esters is 1. The van der Waals surface area contributed by atoms with Crippen LogP contribution < -0.4 is 0 Å². The Kier molecular flexibility index (Phi) is 2.80. The molecular formula is C19H23NO3. The van der Waals surface area contributed by atoms with Gasteiger partial charge < -0.3 is 9.64 Å². The summed E-state index contributed by atoms with van der Waals surface area (Å²) in [6, 6.07) is 8.26. The summed E-state index contributed by atoms with van der Waals surface area (Å²) in [4.78, 5) is 27.6. The molecule has 1 amide bonds. The van der Waals surface area contributed by atoms with Crippen LogP contribution in [0.5, 0.6) is 0 Å². The zero-order valence-electron chi connectivity index (χ0n) is 14.0. The lowest BCUT2D eigenvalue weighted by atomic mass is 9.66. The third kappa shape index (κ3) is 1.62. The zero-order chi connectivity index (χ0) is 16.5. The van der Waals surface area contributed by atoms with Gasteiger partial charge in [-0.25, -0.2) is 0 Å². The first-order chi connectivity index (χ1) is 10.8. The van der Waals surface area contributed by atoms with Crippen LogP contribution in [0.25, 0.3) is 0 Å². The van der Waals surface area contributed by atoms with E-state index < -0.39 is 16.4 Å². The monoisotopic (exact) mass is 313 g/mol. The molecule has 2 fully saturated rings. The maximum Gasteiger partial charge on any atom is 0.313 e. The SMILES string of the molecule is CC12CCC(C(=O)N3CCc4ccccc4C3)(OC1=O)C2(C)C. The Morgan fingerprint density at radius 1 is 1.13 bits per heavy atom. The third-order valence-electron chi connectivity index (χ3n) is 6.85. The van der Waals surface area contributed by atoms with Crippen LogP contribution in [0.15, 0.2) is 24.3 Å². The maximum atomic E-state index is 13.3. The summed E-state index contributed by atoms with van der Waals surface area (Å²) >= 11 is 0. The Morgan fingerprint density at radius 2 is 1.83 bits per heavy atom. The highest BCUT2D eigenvalue weighted by Gasteiger charge is 2.76. The van der Waals surface area contributed by atoms with E-state index in [-0.39, 0.29) is 11.9 Å². The van der Waals surface area contributed by atoms with Gasteiger partial charge in [-0.2, -0.15) is 0 Å². The van der Waals surface area contributed by atoms with Gasteiger partial charge in [0.05, 0.1) is 5.41 Å². The van der Waals surface area contributed by atoms with Gasteiger partial charge in [0.15, 0.2) is 5.60 Å². The van der Waals surface area contributed by atoms with E-state index in [1.54, 1.807) is 0 Å². The van der Waals surface area contributed by atoms with Crippen LogP contribution in [-0.4, -0.2) is 28.9 Å². The number of fused-ring (bicyclic) bond motifs is 3. The first-order valence-electron chi connectivity index (χ1n) is 8.41. The normalized spacial score (nSPS) is 34.2. The highest BCUT2D eigenvalue weighted by molar-refractivity contribution is 5.96. The van der Waals surface area contributed by atoms with Gasteiger partial charge in [-0.1, -0.05) is 38.1 Å². The molecule has 4 nitrogen and oxygen atoms in total. The minimum absolute atomic E-state index is 0.00780. The van der Waals surface area contributed by atoms with E-state index in [1.807, 2.05) is 37.8 Å². The van der Waals surface area contributed by atoms with Gasteiger partial charge in [-0.05, 0) is 37.3 Å². The van der Waals surface area contributed by atoms with Gasteiger partial charge >= 0.3 is 5.97 Å². The number of carbonyl (C=O) groups is 2. The molecule has 1 aromatic carbocycles. The molecule has 2 heterocycles. The van der Waals surface area contributed by atoms with Crippen molar-refractivity contribution >= 4 is 11.9 Å². The Bertz CT molecular complexity index is 710. The molecule has 0 spiro atoms. The molecule has 2 aliphatic heterocycles. The molecule has 122 valence electrons. The molecule has 1 aliphatic carbocycles. The van der Waals surface area contributed by atoms with Gasteiger partial charge in [0.1, 0.15) is 0 Å². The quantitative estimate of drug-likeness (QED) is 0.749. The summed E-state index contributed by atoms with van der Waals surface area (Å²) < 4.78 is 5.74. The number of nitrogens with zero attached hydrogens (tertiary/aromatic N) is 1. The van der Waals surface area contributed by atoms with Gasteiger partial charge in [0.25, 0.3) is 5.91 Å². The molecule has 2 unspecified atom stereocenters. The van der Waals surface area contributed by atoms with Gasteiger partial charge in [0.2, 0.25) is 0 Å². The number of benzene rings is 1. The summed E-state index contributed by atoms with van der Waals surface area (Å²) in [5, 5.41) is 0.